The second-order valence-electron chi connectivity index (χ2n) is 6.15. The van der Waals surface area contributed by atoms with Crippen molar-refractivity contribution in [2.45, 2.75) is 58.8 Å². The van der Waals surface area contributed by atoms with E-state index in [1.54, 1.807) is 6.07 Å². The first-order chi connectivity index (χ1) is 9.61. The normalized spacial score (nSPS) is 20.2. The van der Waals surface area contributed by atoms with Crippen molar-refractivity contribution in [2.75, 3.05) is 13.1 Å². The molecule has 0 radical (unpaired) electrons. The van der Waals surface area contributed by atoms with Crippen molar-refractivity contribution in [3.63, 3.8) is 0 Å². The maximum atomic E-state index is 12.5. The predicted molar refractivity (Wildman–Crippen MR) is 78.7 cm³/mol. The lowest BCUT2D eigenvalue weighted by atomic mass is 9.96. The average molecular weight is 278 g/mol. The summed E-state index contributed by atoms with van der Waals surface area (Å²) in [6.07, 6.45) is 5.98. The fraction of sp³-hybridized carbons (Fsp3) is 0.750. The zero-order chi connectivity index (χ0) is 14.5. The lowest BCUT2D eigenvalue weighted by Crippen LogP contribution is -2.32. The van der Waals surface area contributed by atoms with Crippen LogP contribution in [0.5, 0.6) is 0 Å². The van der Waals surface area contributed by atoms with Crippen LogP contribution in [-0.4, -0.2) is 29.1 Å². The first-order valence-corrected chi connectivity index (χ1v) is 7.87. The number of hydrogen-bond donors (Lipinski definition) is 0. The molecule has 0 unspecified atom stereocenters. The van der Waals surface area contributed by atoms with E-state index < -0.39 is 0 Å². The van der Waals surface area contributed by atoms with E-state index in [1.807, 2.05) is 18.7 Å². The van der Waals surface area contributed by atoms with Crippen molar-refractivity contribution in [3.8, 4) is 0 Å². The van der Waals surface area contributed by atoms with Gasteiger partial charge in [-0.3, -0.25) is 4.79 Å². The molecule has 20 heavy (non-hydrogen) atoms. The highest BCUT2D eigenvalue weighted by Crippen LogP contribution is 2.23. The van der Waals surface area contributed by atoms with Crippen molar-refractivity contribution in [1.82, 2.24) is 10.1 Å². The van der Waals surface area contributed by atoms with Gasteiger partial charge >= 0.3 is 0 Å². The Morgan fingerprint density at radius 2 is 2.25 bits per heavy atom. The molecule has 0 aromatic carbocycles. The first-order valence-electron chi connectivity index (χ1n) is 7.87. The molecule has 2 rings (SSSR count). The fourth-order valence-corrected chi connectivity index (χ4v) is 2.89. The third-order valence-electron chi connectivity index (χ3n) is 4.15. The molecule has 0 N–H and O–H groups in total. The Balaban J connectivity index is 1.98. The molecule has 0 spiro atoms. The maximum Gasteiger partial charge on any atom is 0.276 e. The van der Waals surface area contributed by atoms with Gasteiger partial charge in [-0.25, -0.2) is 0 Å². The van der Waals surface area contributed by atoms with Gasteiger partial charge in [0.15, 0.2) is 5.69 Å². The van der Waals surface area contributed by atoms with E-state index in [2.05, 4.69) is 12.1 Å². The van der Waals surface area contributed by atoms with Crippen LogP contribution in [0.1, 0.15) is 75.0 Å². The highest BCUT2D eigenvalue weighted by molar-refractivity contribution is 5.92. The number of amides is 1. The summed E-state index contributed by atoms with van der Waals surface area (Å²) in [6.45, 7) is 8.01. The van der Waals surface area contributed by atoms with E-state index in [4.69, 9.17) is 4.52 Å². The lowest BCUT2D eigenvalue weighted by Gasteiger charge is -2.19. The van der Waals surface area contributed by atoms with Gasteiger partial charge in [0.1, 0.15) is 5.76 Å². The SMILES string of the molecule is CCC[C@@H]1CCCN(C(=O)c2cc(C(C)C)on2)CC1. The average Bonchev–Trinajstić information content (AvgIpc) is 2.80. The van der Waals surface area contributed by atoms with Gasteiger partial charge in [0, 0.05) is 25.1 Å². The second kappa shape index (κ2) is 6.91. The predicted octanol–water partition coefficient (Wildman–Crippen LogP) is 3.84. The van der Waals surface area contributed by atoms with Crippen LogP contribution in [-0.2, 0) is 0 Å². The van der Waals surface area contributed by atoms with Gasteiger partial charge in [0.2, 0.25) is 0 Å². The Morgan fingerprint density at radius 1 is 1.45 bits per heavy atom. The number of carbonyl (C=O) groups excluding carboxylic acids is 1. The molecular weight excluding hydrogens is 252 g/mol. The Labute approximate surface area is 121 Å². The molecule has 1 saturated heterocycles. The minimum Gasteiger partial charge on any atom is -0.360 e. The van der Waals surface area contributed by atoms with E-state index >= 15 is 0 Å². The number of carbonyl (C=O) groups is 1. The molecule has 1 aromatic rings. The summed E-state index contributed by atoms with van der Waals surface area (Å²) in [6, 6.07) is 1.79. The molecule has 1 atom stereocenters. The number of likely N-dealkylation sites (tertiary alicyclic amines) is 1. The number of aromatic nitrogens is 1. The molecule has 4 heteroatoms. The summed E-state index contributed by atoms with van der Waals surface area (Å²) in [4.78, 5) is 14.4. The molecule has 1 amide bonds. The zero-order valence-corrected chi connectivity index (χ0v) is 12.9. The van der Waals surface area contributed by atoms with E-state index in [9.17, 15) is 4.79 Å². The number of rotatable bonds is 4. The standard InChI is InChI=1S/C16H26N2O2/c1-4-6-13-7-5-9-18(10-8-13)16(19)14-11-15(12(2)3)20-17-14/h11-13H,4-10H2,1-3H3/t13-/m1/s1. The van der Waals surface area contributed by atoms with Crippen molar-refractivity contribution in [2.24, 2.45) is 5.92 Å². The summed E-state index contributed by atoms with van der Waals surface area (Å²) < 4.78 is 5.23. The molecule has 0 bridgehead atoms. The highest BCUT2D eigenvalue weighted by Gasteiger charge is 2.24. The Kier molecular flexibility index (Phi) is 5.21. The summed E-state index contributed by atoms with van der Waals surface area (Å²) in [5.41, 5.74) is 0.461. The van der Waals surface area contributed by atoms with Crippen LogP contribution in [0.15, 0.2) is 10.6 Å². The molecule has 112 valence electrons. The van der Waals surface area contributed by atoms with Gasteiger partial charge in [0.05, 0.1) is 0 Å². The molecular formula is C16H26N2O2. The van der Waals surface area contributed by atoms with Gasteiger partial charge in [-0.1, -0.05) is 38.8 Å². The zero-order valence-electron chi connectivity index (χ0n) is 12.9. The monoisotopic (exact) mass is 278 g/mol. The highest BCUT2D eigenvalue weighted by atomic mass is 16.5. The Hall–Kier alpha value is -1.32. The van der Waals surface area contributed by atoms with Gasteiger partial charge in [-0.15, -0.1) is 0 Å². The molecule has 0 saturated carbocycles. The smallest absolute Gasteiger partial charge is 0.276 e. The molecule has 1 aliphatic heterocycles. The van der Waals surface area contributed by atoms with E-state index in [-0.39, 0.29) is 11.8 Å². The molecule has 1 fully saturated rings. The summed E-state index contributed by atoms with van der Waals surface area (Å²) in [5.74, 6) is 1.85. The van der Waals surface area contributed by atoms with Gasteiger partial charge in [-0.2, -0.15) is 0 Å². The number of nitrogens with zero attached hydrogens (tertiary/aromatic N) is 2. The summed E-state index contributed by atoms with van der Waals surface area (Å²) in [7, 11) is 0. The third-order valence-corrected chi connectivity index (χ3v) is 4.15. The fourth-order valence-electron chi connectivity index (χ4n) is 2.89. The minimum atomic E-state index is 0.0257. The van der Waals surface area contributed by atoms with Crippen LogP contribution in [0.25, 0.3) is 0 Å². The van der Waals surface area contributed by atoms with Crippen molar-refractivity contribution >= 4 is 5.91 Å². The van der Waals surface area contributed by atoms with E-state index in [0.29, 0.717) is 5.69 Å². The topological polar surface area (TPSA) is 46.3 Å². The third kappa shape index (κ3) is 3.62. The molecule has 0 aliphatic carbocycles. The minimum absolute atomic E-state index is 0.0257. The molecule has 2 heterocycles. The largest absolute Gasteiger partial charge is 0.360 e. The van der Waals surface area contributed by atoms with Crippen LogP contribution >= 0.6 is 0 Å². The van der Waals surface area contributed by atoms with Crippen molar-refractivity contribution in [1.29, 1.82) is 0 Å². The Morgan fingerprint density at radius 3 is 2.90 bits per heavy atom. The molecule has 1 aromatic heterocycles. The molecule has 1 aliphatic rings. The van der Waals surface area contributed by atoms with Crippen molar-refractivity contribution < 1.29 is 9.32 Å². The van der Waals surface area contributed by atoms with Gasteiger partial charge in [0.25, 0.3) is 5.91 Å². The maximum absolute atomic E-state index is 12.5. The lowest BCUT2D eigenvalue weighted by molar-refractivity contribution is 0.0749. The second-order valence-corrected chi connectivity index (χ2v) is 6.15. The van der Waals surface area contributed by atoms with Crippen LogP contribution in [0, 0.1) is 5.92 Å². The van der Waals surface area contributed by atoms with Crippen LogP contribution in [0.3, 0.4) is 0 Å². The summed E-state index contributed by atoms with van der Waals surface area (Å²) >= 11 is 0. The Bertz CT molecular complexity index is 439. The summed E-state index contributed by atoms with van der Waals surface area (Å²) in [5, 5.41) is 3.93. The van der Waals surface area contributed by atoms with Crippen molar-refractivity contribution in [3.05, 3.63) is 17.5 Å². The van der Waals surface area contributed by atoms with Crippen LogP contribution in [0.4, 0.5) is 0 Å². The van der Waals surface area contributed by atoms with E-state index in [0.717, 1.165) is 37.6 Å². The quantitative estimate of drug-likeness (QED) is 0.840. The van der Waals surface area contributed by atoms with E-state index in [1.165, 1.54) is 19.3 Å². The van der Waals surface area contributed by atoms with Crippen LogP contribution in [0.2, 0.25) is 0 Å². The molecule has 4 nitrogen and oxygen atoms in total. The first kappa shape index (κ1) is 15.1. The number of hydrogen-bond acceptors (Lipinski definition) is 3. The van der Waals surface area contributed by atoms with Gasteiger partial charge in [-0.05, 0) is 25.2 Å². The van der Waals surface area contributed by atoms with Gasteiger partial charge < -0.3 is 9.42 Å². The van der Waals surface area contributed by atoms with Crippen LogP contribution < -0.4 is 0 Å².